The van der Waals surface area contributed by atoms with E-state index in [1.54, 1.807) is 39.7 Å². The van der Waals surface area contributed by atoms with Gasteiger partial charge in [0.25, 0.3) is 0 Å². The fourth-order valence-corrected chi connectivity index (χ4v) is 4.18. The van der Waals surface area contributed by atoms with Gasteiger partial charge < -0.3 is 28.2 Å². The van der Waals surface area contributed by atoms with Crippen LogP contribution in [0.5, 0.6) is 23.0 Å². The molecule has 0 aliphatic heterocycles. The SMILES string of the molecule is COC.COc1ccc(Oc2ccc(F)c3c2CCC3Oc2ccc3c(CC=O)coc3c2)cc1. The number of carbonyl (C=O) groups excluding carboxylic acids is 1. The van der Waals surface area contributed by atoms with E-state index in [2.05, 4.69) is 4.74 Å². The summed E-state index contributed by atoms with van der Waals surface area (Å²) in [7, 11) is 4.86. The van der Waals surface area contributed by atoms with Crippen LogP contribution >= 0.6 is 0 Å². The van der Waals surface area contributed by atoms with E-state index in [-0.39, 0.29) is 5.82 Å². The lowest BCUT2D eigenvalue weighted by Crippen LogP contribution is -2.06. The highest BCUT2D eigenvalue weighted by Gasteiger charge is 2.31. The Bertz CT molecular complexity index is 1300. The van der Waals surface area contributed by atoms with E-state index in [1.807, 2.05) is 36.4 Å². The molecule has 0 fully saturated rings. The number of fused-ring (bicyclic) bond motifs is 2. The van der Waals surface area contributed by atoms with Gasteiger partial charge in [0, 0.05) is 48.8 Å². The van der Waals surface area contributed by atoms with Gasteiger partial charge >= 0.3 is 0 Å². The van der Waals surface area contributed by atoms with Gasteiger partial charge in [0.15, 0.2) is 0 Å². The molecule has 1 atom stereocenters. The van der Waals surface area contributed by atoms with Gasteiger partial charge in [-0.2, -0.15) is 0 Å². The average molecular weight is 479 g/mol. The Kier molecular flexibility index (Phi) is 7.67. The van der Waals surface area contributed by atoms with Gasteiger partial charge in [-0.25, -0.2) is 4.39 Å². The summed E-state index contributed by atoms with van der Waals surface area (Å²) in [5.74, 6) is 2.29. The van der Waals surface area contributed by atoms with E-state index >= 15 is 0 Å². The van der Waals surface area contributed by atoms with Crippen LogP contribution in [0.3, 0.4) is 0 Å². The molecule has 182 valence electrons. The van der Waals surface area contributed by atoms with Crippen LogP contribution in [-0.4, -0.2) is 27.6 Å². The number of hydrogen-bond acceptors (Lipinski definition) is 6. The molecule has 3 aromatic carbocycles. The third-order valence-electron chi connectivity index (χ3n) is 5.74. The standard InChI is InChI=1S/C26H21FO5.C2H6O/c1-29-17-2-4-18(5-3-17)31-23-11-9-22(27)26-21(23)8-10-24(26)32-19-6-7-20-16(12-13-28)15-30-25(20)14-19;1-3-2/h2-7,9,11,13-15,24H,8,10,12H2,1H3;1-2H3. The van der Waals surface area contributed by atoms with Crippen LogP contribution in [0.2, 0.25) is 0 Å². The van der Waals surface area contributed by atoms with Crippen molar-refractivity contribution in [3.05, 3.63) is 83.4 Å². The van der Waals surface area contributed by atoms with Crippen LogP contribution in [0.15, 0.2) is 65.3 Å². The second kappa shape index (κ2) is 11.1. The minimum Gasteiger partial charge on any atom is -0.497 e. The van der Waals surface area contributed by atoms with Crippen LogP contribution in [0.1, 0.15) is 29.2 Å². The highest BCUT2D eigenvalue weighted by Crippen LogP contribution is 2.43. The Morgan fingerprint density at radius 2 is 1.71 bits per heavy atom. The molecule has 7 heteroatoms. The third kappa shape index (κ3) is 5.30. The van der Waals surface area contributed by atoms with E-state index in [0.29, 0.717) is 47.7 Å². The van der Waals surface area contributed by atoms with E-state index < -0.39 is 6.10 Å². The van der Waals surface area contributed by atoms with Gasteiger partial charge in [-0.15, -0.1) is 0 Å². The summed E-state index contributed by atoms with van der Waals surface area (Å²) in [5, 5.41) is 0.873. The van der Waals surface area contributed by atoms with Gasteiger partial charge in [-0.05, 0) is 61.4 Å². The fraction of sp³-hybridized carbons (Fsp3) is 0.250. The van der Waals surface area contributed by atoms with Crippen molar-refractivity contribution in [2.45, 2.75) is 25.4 Å². The molecule has 0 bridgehead atoms. The summed E-state index contributed by atoms with van der Waals surface area (Å²) in [4.78, 5) is 10.8. The second-order valence-electron chi connectivity index (χ2n) is 8.06. The summed E-state index contributed by atoms with van der Waals surface area (Å²) in [6.07, 6.45) is 3.59. The fourth-order valence-electron chi connectivity index (χ4n) is 4.18. The number of halogens is 1. The molecule has 1 aromatic heterocycles. The predicted molar refractivity (Wildman–Crippen MR) is 130 cm³/mol. The summed E-state index contributed by atoms with van der Waals surface area (Å²) in [5.41, 5.74) is 2.81. The number of benzene rings is 3. The minimum absolute atomic E-state index is 0.297. The molecule has 0 saturated heterocycles. The lowest BCUT2D eigenvalue weighted by atomic mass is 10.1. The van der Waals surface area contributed by atoms with Crippen molar-refractivity contribution in [3.63, 3.8) is 0 Å². The van der Waals surface area contributed by atoms with Crippen LogP contribution in [0, 0.1) is 5.82 Å². The van der Waals surface area contributed by atoms with Crippen molar-refractivity contribution in [1.29, 1.82) is 0 Å². The third-order valence-corrected chi connectivity index (χ3v) is 5.74. The molecule has 0 saturated carbocycles. The van der Waals surface area contributed by atoms with Gasteiger partial charge in [-0.3, -0.25) is 0 Å². The van der Waals surface area contributed by atoms with Crippen LogP contribution < -0.4 is 14.2 Å². The Morgan fingerprint density at radius 3 is 2.43 bits per heavy atom. The number of ether oxygens (including phenoxy) is 4. The maximum absolute atomic E-state index is 14.8. The van der Waals surface area contributed by atoms with Crippen LogP contribution in [0.4, 0.5) is 4.39 Å². The Balaban J connectivity index is 0.000000917. The quantitative estimate of drug-likeness (QED) is 0.285. The smallest absolute Gasteiger partial charge is 0.137 e. The molecule has 1 heterocycles. The topological polar surface area (TPSA) is 67.1 Å². The number of carbonyl (C=O) groups is 1. The molecular weight excluding hydrogens is 451 g/mol. The molecule has 1 unspecified atom stereocenters. The minimum atomic E-state index is -0.425. The molecule has 4 aromatic rings. The van der Waals surface area contributed by atoms with Crippen molar-refractivity contribution in [3.8, 4) is 23.0 Å². The zero-order valence-corrected chi connectivity index (χ0v) is 19.9. The molecule has 6 nitrogen and oxygen atoms in total. The lowest BCUT2D eigenvalue weighted by molar-refractivity contribution is -0.107. The van der Waals surface area contributed by atoms with Gasteiger partial charge in [0.2, 0.25) is 0 Å². The number of furan rings is 1. The number of aldehydes is 1. The van der Waals surface area contributed by atoms with Crippen molar-refractivity contribution < 1.29 is 32.5 Å². The molecular formula is C28H27FO6. The van der Waals surface area contributed by atoms with Gasteiger partial charge in [0.05, 0.1) is 13.4 Å². The zero-order valence-electron chi connectivity index (χ0n) is 19.9. The molecule has 0 radical (unpaired) electrons. The molecule has 1 aliphatic rings. The maximum atomic E-state index is 14.8. The summed E-state index contributed by atoms with van der Waals surface area (Å²) in [6, 6.07) is 15.8. The van der Waals surface area contributed by atoms with Crippen LogP contribution in [-0.2, 0) is 22.4 Å². The molecule has 0 spiro atoms. The Morgan fingerprint density at radius 1 is 1.00 bits per heavy atom. The normalized spacial score (nSPS) is 14.1. The average Bonchev–Trinajstić information content (AvgIpc) is 3.47. The number of methoxy groups -OCH3 is 2. The first-order chi connectivity index (χ1) is 17.1. The highest BCUT2D eigenvalue weighted by atomic mass is 19.1. The van der Waals surface area contributed by atoms with E-state index in [0.717, 1.165) is 28.5 Å². The molecule has 0 N–H and O–H groups in total. The number of hydrogen-bond donors (Lipinski definition) is 0. The van der Waals surface area contributed by atoms with Gasteiger partial charge in [0.1, 0.15) is 46.8 Å². The predicted octanol–water partition coefficient (Wildman–Crippen LogP) is 6.44. The molecule has 5 rings (SSSR count). The number of rotatable bonds is 7. The van der Waals surface area contributed by atoms with Crippen LogP contribution in [0.25, 0.3) is 11.0 Å². The van der Waals surface area contributed by atoms with E-state index in [9.17, 15) is 9.18 Å². The summed E-state index contributed by atoms with van der Waals surface area (Å²) in [6.45, 7) is 0. The van der Waals surface area contributed by atoms with E-state index in [4.69, 9.17) is 18.6 Å². The first-order valence-electron chi connectivity index (χ1n) is 11.2. The lowest BCUT2D eigenvalue weighted by Gasteiger charge is -2.17. The van der Waals surface area contributed by atoms with Crippen molar-refractivity contribution >= 4 is 17.3 Å². The Labute approximate surface area is 203 Å². The summed E-state index contributed by atoms with van der Waals surface area (Å²) < 4.78 is 42.0. The highest BCUT2D eigenvalue weighted by molar-refractivity contribution is 5.84. The molecule has 35 heavy (non-hydrogen) atoms. The first kappa shape index (κ1) is 24.3. The second-order valence-corrected chi connectivity index (χ2v) is 8.06. The van der Waals surface area contributed by atoms with Gasteiger partial charge in [-0.1, -0.05) is 0 Å². The van der Waals surface area contributed by atoms with Crippen molar-refractivity contribution in [2.75, 3.05) is 21.3 Å². The van der Waals surface area contributed by atoms with E-state index in [1.165, 1.54) is 6.07 Å². The Hall–Kier alpha value is -3.84. The maximum Gasteiger partial charge on any atom is 0.137 e. The molecule has 0 amide bonds. The zero-order chi connectivity index (χ0) is 24.8. The van der Waals surface area contributed by atoms with Crippen molar-refractivity contribution in [2.24, 2.45) is 0 Å². The first-order valence-corrected chi connectivity index (χ1v) is 11.2. The molecule has 1 aliphatic carbocycles. The van der Waals surface area contributed by atoms with Crippen molar-refractivity contribution in [1.82, 2.24) is 0 Å². The largest absolute Gasteiger partial charge is 0.497 e. The monoisotopic (exact) mass is 478 g/mol. The summed E-state index contributed by atoms with van der Waals surface area (Å²) >= 11 is 0.